The predicted molar refractivity (Wildman–Crippen MR) is 38.9 cm³/mol. The minimum Gasteiger partial charge on any atom is -0.428 e. The number of rotatable bonds is 3. The van der Waals surface area contributed by atoms with Crippen LogP contribution in [0.2, 0.25) is 0 Å². The predicted octanol–water partition coefficient (Wildman–Crippen LogP) is 0.172. The Morgan fingerprint density at radius 2 is 2.08 bits per heavy atom. The van der Waals surface area contributed by atoms with Crippen molar-refractivity contribution in [1.82, 2.24) is 10.2 Å². The van der Waals surface area contributed by atoms with E-state index >= 15 is 0 Å². The van der Waals surface area contributed by atoms with Gasteiger partial charge in [-0.1, -0.05) is 0 Å². The average molecular weight is 175 g/mol. The lowest BCUT2D eigenvalue weighted by Gasteiger charge is -2.11. The largest absolute Gasteiger partial charge is 0.455 e. The Morgan fingerprint density at radius 1 is 1.50 bits per heavy atom. The lowest BCUT2D eigenvalue weighted by atomic mass is 10.7. The molecular formula is C6H11N2O4. The second kappa shape index (κ2) is 5.22. The van der Waals surface area contributed by atoms with Crippen molar-refractivity contribution in [2.24, 2.45) is 0 Å². The molecule has 0 fully saturated rings. The average Bonchev–Trinajstić information content (AvgIpc) is 2.00. The van der Waals surface area contributed by atoms with Crippen LogP contribution in [0, 0.1) is 0 Å². The fourth-order valence-corrected chi connectivity index (χ4v) is 0.404. The van der Waals surface area contributed by atoms with Gasteiger partial charge >= 0.3 is 12.2 Å². The molecule has 2 amide bonds. The van der Waals surface area contributed by atoms with Crippen LogP contribution in [-0.2, 0) is 9.84 Å². The Balaban J connectivity index is 3.54. The van der Waals surface area contributed by atoms with E-state index in [1.54, 1.807) is 6.92 Å². The van der Waals surface area contributed by atoms with Gasteiger partial charge in [0.25, 0.3) is 0 Å². The number of carbonyl (C=O) groups excluding carboxylic acids is 2. The minimum atomic E-state index is -1.39. The summed E-state index contributed by atoms with van der Waals surface area (Å²) in [5, 5.41) is 12.4. The van der Waals surface area contributed by atoms with Crippen LogP contribution in [-0.4, -0.2) is 37.4 Å². The summed E-state index contributed by atoms with van der Waals surface area (Å²) in [7, 11) is 1.24. The maximum Gasteiger partial charge on any atom is 0.455 e. The van der Waals surface area contributed by atoms with Gasteiger partial charge < -0.3 is 10.1 Å². The maximum absolute atomic E-state index is 10.6. The molecule has 1 N–H and O–H groups in total. The van der Waals surface area contributed by atoms with Crippen LogP contribution >= 0.6 is 0 Å². The Morgan fingerprint density at radius 3 is 2.50 bits per heavy atom. The standard InChI is InChI=1S/C6H11N2O4/c1-3-7-5(9)12-4-8(2)6(10)11/h3-4H2,1-2H3,(H,7,9). The van der Waals surface area contributed by atoms with Crippen LogP contribution in [0.15, 0.2) is 0 Å². The van der Waals surface area contributed by atoms with Crippen LogP contribution in [0.3, 0.4) is 0 Å². The van der Waals surface area contributed by atoms with E-state index in [2.05, 4.69) is 10.1 Å². The van der Waals surface area contributed by atoms with E-state index in [0.29, 0.717) is 6.54 Å². The first-order valence-corrected chi connectivity index (χ1v) is 3.40. The molecule has 0 unspecified atom stereocenters. The summed E-state index contributed by atoms with van der Waals surface area (Å²) in [4.78, 5) is 21.4. The Labute approximate surface area is 70.1 Å². The molecular weight excluding hydrogens is 164 g/mol. The number of alkyl carbamates (subject to hydrolysis) is 1. The molecule has 1 radical (unpaired) electrons. The monoisotopic (exact) mass is 175 g/mol. The molecule has 0 aromatic carbocycles. The van der Waals surface area contributed by atoms with Crippen molar-refractivity contribution < 1.29 is 19.4 Å². The number of nitrogens with zero attached hydrogens (tertiary/aromatic N) is 1. The molecule has 0 saturated heterocycles. The first-order valence-electron chi connectivity index (χ1n) is 3.40. The summed E-state index contributed by atoms with van der Waals surface area (Å²) in [6.45, 7) is 1.84. The van der Waals surface area contributed by atoms with Crippen LogP contribution in [0.5, 0.6) is 0 Å². The molecule has 0 aromatic heterocycles. The van der Waals surface area contributed by atoms with E-state index in [4.69, 9.17) is 0 Å². The summed E-state index contributed by atoms with van der Waals surface area (Å²) < 4.78 is 4.46. The molecule has 0 aromatic rings. The van der Waals surface area contributed by atoms with Gasteiger partial charge in [-0.3, -0.25) is 4.90 Å². The van der Waals surface area contributed by atoms with Crippen molar-refractivity contribution in [2.75, 3.05) is 20.3 Å². The van der Waals surface area contributed by atoms with Gasteiger partial charge in [-0.25, -0.2) is 14.7 Å². The van der Waals surface area contributed by atoms with Gasteiger partial charge in [0, 0.05) is 13.6 Å². The van der Waals surface area contributed by atoms with Gasteiger partial charge in [0.05, 0.1) is 0 Å². The van der Waals surface area contributed by atoms with E-state index in [9.17, 15) is 14.7 Å². The third kappa shape index (κ3) is 4.37. The molecule has 6 nitrogen and oxygen atoms in total. The number of amides is 2. The van der Waals surface area contributed by atoms with Crippen molar-refractivity contribution in [1.29, 1.82) is 0 Å². The summed E-state index contributed by atoms with van der Waals surface area (Å²) in [6.07, 6.45) is -2.04. The van der Waals surface area contributed by atoms with Gasteiger partial charge in [-0.05, 0) is 6.92 Å². The molecule has 0 aliphatic carbocycles. The molecule has 0 atom stereocenters. The molecule has 12 heavy (non-hydrogen) atoms. The van der Waals surface area contributed by atoms with Gasteiger partial charge in [0.15, 0.2) is 6.73 Å². The summed E-state index contributed by atoms with van der Waals surface area (Å²) in [6, 6.07) is 0. The zero-order valence-electron chi connectivity index (χ0n) is 6.99. The lowest BCUT2D eigenvalue weighted by Crippen LogP contribution is -2.32. The summed E-state index contributed by atoms with van der Waals surface area (Å²) in [5.41, 5.74) is 0. The summed E-state index contributed by atoms with van der Waals surface area (Å²) in [5.74, 6) is 0. The van der Waals surface area contributed by atoms with Crippen LogP contribution in [0.4, 0.5) is 9.59 Å². The highest BCUT2D eigenvalue weighted by Gasteiger charge is 2.09. The third-order valence-electron chi connectivity index (χ3n) is 1.02. The third-order valence-corrected chi connectivity index (χ3v) is 1.02. The Bertz CT molecular complexity index is 171. The van der Waals surface area contributed by atoms with Gasteiger partial charge in [0.2, 0.25) is 0 Å². The fourth-order valence-electron chi connectivity index (χ4n) is 0.404. The second-order valence-electron chi connectivity index (χ2n) is 2.06. The molecule has 6 heteroatoms. The maximum atomic E-state index is 10.6. The van der Waals surface area contributed by atoms with Gasteiger partial charge in [-0.2, -0.15) is 0 Å². The fraction of sp³-hybridized carbons (Fsp3) is 0.667. The van der Waals surface area contributed by atoms with Crippen LogP contribution < -0.4 is 5.32 Å². The van der Waals surface area contributed by atoms with Crippen molar-refractivity contribution in [3.8, 4) is 0 Å². The molecule has 0 aliphatic heterocycles. The lowest BCUT2D eigenvalue weighted by molar-refractivity contribution is 0.0663. The number of hydrogen-bond donors (Lipinski definition) is 1. The van der Waals surface area contributed by atoms with Crippen molar-refractivity contribution in [3.63, 3.8) is 0 Å². The molecule has 0 rings (SSSR count). The molecule has 0 aliphatic rings. The number of ether oxygens (including phenoxy) is 1. The van der Waals surface area contributed by atoms with Crippen LogP contribution in [0.1, 0.15) is 6.92 Å². The highest BCUT2D eigenvalue weighted by Crippen LogP contribution is 1.85. The SMILES string of the molecule is CCNC(=O)OCN(C)C([O])=O. The van der Waals surface area contributed by atoms with Gasteiger partial charge in [0.1, 0.15) is 0 Å². The van der Waals surface area contributed by atoms with E-state index in [1.807, 2.05) is 0 Å². The molecule has 0 bridgehead atoms. The first kappa shape index (κ1) is 10.5. The highest BCUT2D eigenvalue weighted by molar-refractivity contribution is 5.68. The molecule has 0 heterocycles. The first-order chi connectivity index (χ1) is 5.57. The molecule has 69 valence electrons. The van der Waals surface area contributed by atoms with E-state index in [1.165, 1.54) is 7.05 Å². The Kier molecular flexibility index (Phi) is 4.59. The van der Waals surface area contributed by atoms with E-state index in [-0.39, 0.29) is 6.73 Å². The number of carbonyl (C=O) groups is 2. The molecule has 0 saturated carbocycles. The zero-order valence-corrected chi connectivity index (χ0v) is 6.99. The normalized spacial score (nSPS) is 8.83. The van der Waals surface area contributed by atoms with Crippen molar-refractivity contribution in [2.45, 2.75) is 6.92 Å². The topological polar surface area (TPSA) is 78.5 Å². The minimum absolute atomic E-state index is 0.325. The second-order valence-corrected chi connectivity index (χ2v) is 2.06. The summed E-state index contributed by atoms with van der Waals surface area (Å²) >= 11 is 0. The van der Waals surface area contributed by atoms with Crippen molar-refractivity contribution in [3.05, 3.63) is 0 Å². The quantitative estimate of drug-likeness (QED) is 0.621. The number of hydrogen-bond acceptors (Lipinski definition) is 3. The van der Waals surface area contributed by atoms with Crippen molar-refractivity contribution >= 4 is 12.2 Å². The van der Waals surface area contributed by atoms with E-state index < -0.39 is 12.2 Å². The van der Waals surface area contributed by atoms with E-state index in [0.717, 1.165) is 4.90 Å². The highest BCUT2D eigenvalue weighted by atomic mass is 16.6. The Hall–Kier alpha value is -1.46. The smallest absolute Gasteiger partial charge is 0.428 e. The van der Waals surface area contributed by atoms with Crippen LogP contribution in [0.25, 0.3) is 0 Å². The number of nitrogens with one attached hydrogen (secondary N) is 1. The zero-order chi connectivity index (χ0) is 9.56. The molecule has 0 spiro atoms. The van der Waals surface area contributed by atoms with Gasteiger partial charge in [-0.15, -0.1) is 0 Å².